The van der Waals surface area contributed by atoms with Crippen LogP contribution in [-0.2, 0) is 11.2 Å². The van der Waals surface area contributed by atoms with E-state index in [1.165, 1.54) is 6.42 Å². The second-order valence-corrected chi connectivity index (χ2v) is 6.50. The van der Waals surface area contributed by atoms with Gasteiger partial charge >= 0.3 is 0 Å². The van der Waals surface area contributed by atoms with E-state index < -0.39 is 0 Å². The number of fused-ring (bicyclic) bond motifs is 1. The molecule has 4 heteroatoms. The molecule has 1 heterocycles. The SMILES string of the molecule is CC1(C)CCCC1NC(=O)c1ccc2c(c1)CC(=O)N2. The van der Waals surface area contributed by atoms with Gasteiger partial charge in [0.05, 0.1) is 6.42 Å². The van der Waals surface area contributed by atoms with Crippen LogP contribution < -0.4 is 10.6 Å². The molecule has 1 unspecified atom stereocenters. The fourth-order valence-electron chi connectivity index (χ4n) is 3.21. The van der Waals surface area contributed by atoms with Crippen LogP contribution in [-0.4, -0.2) is 17.9 Å². The number of nitrogens with one attached hydrogen (secondary N) is 2. The first-order valence-corrected chi connectivity index (χ1v) is 7.19. The summed E-state index contributed by atoms with van der Waals surface area (Å²) >= 11 is 0. The molecule has 0 aromatic heterocycles. The van der Waals surface area contributed by atoms with Crippen LogP contribution in [0.3, 0.4) is 0 Å². The highest BCUT2D eigenvalue weighted by molar-refractivity contribution is 6.01. The maximum atomic E-state index is 12.4. The van der Waals surface area contributed by atoms with E-state index in [4.69, 9.17) is 0 Å². The standard InChI is InChI=1S/C16H20N2O2/c1-16(2)7-3-4-13(16)18-15(20)10-5-6-12-11(8-10)9-14(19)17-12/h5-6,8,13H,3-4,7,9H2,1-2H3,(H,17,19)(H,18,20). The van der Waals surface area contributed by atoms with Gasteiger partial charge in [-0.3, -0.25) is 9.59 Å². The van der Waals surface area contributed by atoms with E-state index in [0.717, 1.165) is 24.1 Å². The van der Waals surface area contributed by atoms with E-state index in [0.29, 0.717) is 12.0 Å². The monoisotopic (exact) mass is 272 g/mol. The Morgan fingerprint density at radius 1 is 1.40 bits per heavy atom. The highest BCUT2D eigenvalue weighted by atomic mass is 16.2. The van der Waals surface area contributed by atoms with Gasteiger partial charge in [0.1, 0.15) is 0 Å². The summed E-state index contributed by atoms with van der Waals surface area (Å²) in [6.07, 6.45) is 3.73. The zero-order valence-corrected chi connectivity index (χ0v) is 12.0. The highest BCUT2D eigenvalue weighted by Crippen LogP contribution is 2.37. The maximum Gasteiger partial charge on any atom is 0.251 e. The molecule has 2 aliphatic rings. The molecule has 2 amide bonds. The number of carbonyl (C=O) groups excluding carboxylic acids is 2. The molecule has 20 heavy (non-hydrogen) atoms. The third kappa shape index (κ3) is 2.30. The van der Waals surface area contributed by atoms with Crippen molar-refractivity contribution in [2.45, 2.75) is 45.6 Å². The molecular formula is C16H20N2O2. The van der Waals surface area contributed by atoms with E-state index in [1.807, 2.05) is 12.1 Å². The van der Waals surface area contributed by atoms with Gasteiger partial charge in [0.25, 0.3) is 5.91 Å². The second kappa shape index (κ2) is 4.62. The van der Waals surface area contributed by atoms with Gasteiger partial charge in [0.15, 0.2) is 0 Å². The molecule has 1 aliphatic heterocycles. The van der Waals surface area contributed by atoms with Crippen molar-refractivity contribution in [1.29, 1.82) is 0 Å². The van der Waals surface area contributed by atoms with Crippen molar-refractivity contribution in [3.63, 3.8) is 0 Å². The van der Waals surface area contributed by atoms with E-state index in [-0.39, 0.29) is 23.3 Å². The fraction of sp³-hybridized carbons (Fsp3) is 0.500. The van der Waals surface area contributed by atoms with Crippen molar-refractivity contribution < 1.29 is 9.59 Å². The van der Waals surface area contributed by atoms with Crippen LogP contribution in [0.2, 0.25) is 0 Å². The van der Waals surface area contributed by atoms with Gasteiger partial charge in [-0.25, -0.2) is 0 Å². The Balaban J connectivity index is 1.75. The molecule has 1 aromatic carbocycles. The van der Waals surface area contributed by atoms with Gasteiger partial charge in [-0.1, -0.05) is 20.3 Å². The number of hydrogen-bond acceptors (Lipinski definition) is 2. The lowest BCUT2D eigenvalue weighted by Crippen LogP contribution is -2.41. The van der Waals surface area contributed by atoms with Crippen molar-refractivity contribution in [3.8, 4) is 0 Å². The summed E-state index contributed by atoms with van der Waals surface area (Å²) in [6.45, 7) is 4.41. The third-order valence-corrected chi connectivity index (χ3v) is 4.56. The first kappa shape index (κ1) is 13.2. The Labute approximate surface area is 118 Å². The molecule has 0 radical (unpaired) electrons. The molecule has 1 aliphatic carbocycles. The Morgan fingerprint density at radius 2 is 2.20 bits per heavy atom. The van der Waals surface area contributed by atoms with Crippen LogP contribution in [0.15, 0.2) is 18.2 Å². The number of rotatable bonds is 2. The van der Waals surface area contributed by atoms with Crippen LogP contribution >= 0.6 is 0 Å². The quantitative estimate of drug-likeness (QED) is 0.869. The summed E-state index contributed by atoms with van der Waals surface area (Å²) in [6, 6.07) is 5.66. The van der Waals surface area contributed by atoms with Gasteiger partial charge in [-0.05, 0) is 42.0 Å². The highest BCUT2D eigenvalue weighted by Gasteiger charge is 2.35. The molecule has 1 saturated carbocycles. The largest absolute Gasteiger partial charge is 0.349 e. The molecule has 1 fully saturated rings. The Kier molecular flexibility index (Phi) is 3.04. The molecular weight excluding hydrogens is 252 g/mol. The maximum absolute atomic E-state index is 12.4. The normalized spacial score (nSPS) is 23.3. The predicted octanol–water partition coefficient (Wildman–Crippen LogP) is 2.49. The van der Waals surface area contributed by atoms with Gasteiger partial charge < -0.3 is 10.6 Å². The summed E-state index contributed by atoms with van der Waals surface area (Å²) in [7, 11) is 0. The summed E-state index contributed by atoms with van der Waals surface area (Å²) in [5.74, 6) is -0.0402. The molecule has 0 spiro atoms. The van der Waals surface area contributed by atoms with Crippen LogP contribution in [0.5, 0.6) is 0 Å². The van der Waals surface area contributed by atoms with Gasteiger partial charge in [0, 0.05) is 17.3 Å². The lowest BCUT2D eigenvalue weighted by molar-refractivity contribution is -0.115. The third-order valence-electron chi connectivity index (χ3n) is 4.56. The Bertz CT molecular complexity index is 578. The van der Waals surface area contributed by atoms with E-state index >= 15 is 0 Å². The first-order chi connectivity index (χ1) is 9.45. The van der Waals surface area contributed by atoms with E-state index in [2.05, 4.69) is 24.5 Å². The minimum atomic E-state index is -0.0351. The minimum absolute atomic E-state index is 0.00511. The fourth-order valence-corrected chi connectivity index (χ4v) is 3.21. The molecule has 1 atom stereocenters. The zero-order valence-electron chi connectivity index (χ0n) is 12.0. The molecule has 0 bridgehead atoms. The average molecular weight is 272 g/mol. The first-order valence-electron chi connectivity index (χ1n) is 7.19. The Hall–Kier alpha value is -1.84. The number of carbonyl (C=O) groups is 2. The lowest BCUT2D eigenvalue weighted by atomic mass is 9.87. The lowest BCUT2D eigenvalue weighted by Gasteiger charge is -2.27. The van der Waals surface area contributed by atoms with E-state index in [1.54, 1.807) is 6.07 Å². The van der Waals surface area contributed by atoms with Crippen molar-refractivity contribution in [2.24, 2.45) is 5.41 Å². The van der Waals surface area contributed by atoms with Crippen molar-refractivity contribution in [3.05, 3.63) is 29.3 Å². The summed E-state index contributed by atoms with van der Waals surface area (Å²) in [4.78, 5) is 23.7. The van der Waals surface area contributed by atoms with Crippen LogP contribution in [0.25, 0.3) is 0 Å². The minimum Gasteiger partial charge on any atom is -0.349 e. The summed E-state index contributed by atoms with van der Waals surface area (Å²) < 4.78 is 0. The summed E-state index contributed by atoms with van der Waals surface area (Å²) in [5, 5.41) is 5.92. The van der Waals surface area contributed by atoms with E-state index in [9.17, 15) is 9.59 Å². The molecule has 3 rings (SSSR count). The van der Waals surface area contributed by atoms with Crippen LogP contribution in [0.1, 0.15) is 49.0 Å². The smallest absolute Gasteiger partial charge is 0.251 e. The van der Waals surface area contributed by atoms with Crippen LogP contribution in [0, 0.1) is 5.41 Å². The summed E-state index contributed by atoms with van der Waals surface area (Å²) in [5.41, 5.74) is 2.55. The van der Waals surface area contributed by atoms with Crippen molar-refractivity contribution in [1.82, 2.24) is 5.32 Å². The zero-order chi connectivity index (χ0) is 14.3. The number of anilines is 1. The number of hydrogen-bond donors (Lipinski definition) is 2. The van der Waals surface area contributed by atoms with Gasteiger partial charge in [-0.2, -0.15) is 0 Å². The Morgan fingerprint density at radius 3 is 2.90 bits per heavy atom. The van der Waals surface area contributed by atoms with Gasteiger partial charge in [0.2, 0.25) is 5.91 Å². The average Bonchev–Trinajstić information content (AvgIpc) is 2.90. The van der Waals surface area contributed by atoms with Crippen molar-refractivity contribution in [2.75, 3.05) is 5.32 Å². The predicted molar refractivity (Wildman–Crippen MR) is 77.7 cm³/mol. The topological polar surface area (TPSA) is 58.2 Å². The molecule has 106 valence electrons. The molecule has 0 saturated heterocycles. The van der Waals surface area contributed by atoms with Crippen LogP contribution in [0.4, 0.5) is 5.69 Å². The second-order valence-electron chi connectivity index (χ2n) is 6.50. The van der Waals surface area contributed by atoms with Crippen molar-refractivity contribution >= 4 is 17.5 Å². The number of amides is 2. The molecule has 2 N–H and O–H groups in total. The van der Waals surface area contributed by atoms with Gasteiger partial charge in [-0.15, -0.1) is 0 Å². The molecule has 1 aromatic rings. The number of benzene rings is 1. The molecule has 4 nitrogen and oxygen atoms in total.